The van der Waals surface area contributed by atoms with Crippen molar-refractivity contribution in [2.24, 2.45) is 11.3 Å². The molecule has 6 heteroatoms. The molecule has 1 rings (SSSR count). The third-order valence-corrected chi connectivity index (χ3v) is 3.93. The van der Waals surface area contributed by atoms with Crippen molar-refractivity contribution in [3.8, 4) is 0 Å². The molecule has 1 aliphatic heterocycles. The highest BCUT2D eigenvalue weighted by Gasteiger charge is 2.61. The maximum Gasteiger partial charge on any atom is 0.404 e. The standard InChI is InChI=1S/C14H25F3N2O/c1-10(2)5-4-6-11(3)19-12(20)13(14(15,16)17)7-8-18-9-13/h10-11,18H,4-9H2,1-3H3,(H,19,20). The van der Waals surface area contributed by atoms with E-state index in [-0.39, 0.29) is 25.6 Å². The summed E-state index contributed by atoms with van der Waals surface area (Å²) in [5, 5.41) is 5.20. The molecule has 0 aliphatic carbocycles. The maximum atomic E-state index is 13.2. The van der Waals surface area contributed by atoms with Gasteiger partial charge in [0.1, 0.15) is 0 Å². The first-order chi connectivity index (χ1) is 9.19. The van der Waals surface area contributed by atoms with E-state index < -0.39 is 17.5 Å². The van der Waals surface area contributed by atoms with Crippen molar-refractivity contribution in [3.63, 3.8) is 0 Å². The van der Waals surface area contributed by atoms with Gasteiger partial charge in [-0.1, -0.05) is 26.7 Å². The maximum absolute atomic E-state index is 13.2. The highest BCUT2D eigenvalue weighted by Crippen LogP contribution is 2.43. The molecular formula is C14H25F3N2O. The van der Waals surface area contributed by atoms with Gasteiger partial charge in [-0.25, -0.2) is 0 Å². The summed E-state index contributed by atoms with van der Waals surface area (Å²) < 4.78 is 39.5. The molecule has 0 radical (unpaired) electrons. The van der Waals surface area contributed by atoms with E-state index in [2.05, 4.69) is 24.5 Å². The smallest absolute Gasteiger partial charge is 0.353 e. The van der Waals surface area contributed by atoms with Crippen molar-refractivity contribution in [1.82, 2.24) is 10.6 Å². The summed E-state index contributed by atoms with van der Waals surface area (Å²) in [6.45, 7) is 5.89. The van der Waals surface area contributed by atoms with Crippen LogP contribution in [0.5, 0.6) is 0 Å². The van der Waals surface area contributed by atoms with Gasteiger partial charge < -0.3 is 10.6 Å². The average Bonchev–Trinajstić information content (AvgIpc) is 2.77. The van der Waals surface area contributed by atoms with Crippen LogP contribution < -0.4 is 10.6 Å². The lowest BCUT2D eigenvalue weighted by Gasteiger charge is -2.30. The first-order valence-corrected chi connectivity index (χ1v) is 7.27. The molecule has 0 bridgehead atoms. The first-order valence-electron chi connectivity index (χ1n) is 7.27. The van der Waals surface area contributed by atoms with Crippen molar-refractivity contribution in [3.05, 3.63) is 0 Å². The predicted molar refractivity (Wildman–Crippen MR) is 72.3 cm³/mol. The number of hydrogen-bond donors (Lipinski definition) is 2. The number of carbonyl (C=O) groups excluding carboxylic acids is 1. The zero-order chi connectivity index (χ0) is 15.4. The van der Waals surface area contributed by atoms with Crippen LogP contribution in [-0.4, -0.2) is 31.2 Å². The SMILES string of the molecule is CC(C)CCCC(C)NC(=O)C1(C(F)(F)F)CCNC1. The van der Waals surface area contributed by atoms with Gasteiger partial charge in [0.2, 0.25) is 5.91 Å². The fourth-order valence-corrected chi connectivity index (χ4v) is 2.52. The molecule has 0 saturated carbocycles. The summed E-state index contributed by atoms with van der Waals surface area (Å²) in [5.41, 5.74) is -2.25. The molecule has 2 N–H and O–H groups in total. The molecule has 2 atom stereocenters. The van der Waals surface area contributed by atoms with Gasteiger partial charge in [-0.05, 0) is 32.2 Å². The van der Waals surface area contributed by atoms with E-state index in [9.17, 15) is 18.0 Å². The van der Waals surface area contributed by atoms with Gasteiger partial charge in [0, 0.05) is 12.6 Å². The van der Waals surface area contributed by atoms with Gasteiger partial charge in [0.05, 0.1) is 0 Å². The second kappa shape index (κ2) is 6.78. The van der Waals surface area contributed by atoms with Crippen molar-refractivity contribution in [2.75, 3.05) is 13.1 Å². The molecule has 0 spiro atoms. The Morgan fingerprint density at radius 1 is 1.30 bits per heavy atom. The molecule has 2 unspecified atom stereocenters. The number of carbonyl (C=O) groups is 1. The minimum atomic E-state index is -4.50. The molecule has 1 fully saturated rings. The monoisotopic (exact) mass is 294 g/mol. The molecule has 20 heavy (non-hydrogen) atoms. The number of nitrogens with one attached hydrogen (secondary N) is 2. The lowest BCUT2D eigenvalue weighted by atomic mass is 9.85. The molecule has 1 amide bonds. The Hall–Kier alpha value is -0.780. The van der Waals surface area contributed by atoms with Crippen LogP contribution in [0.1, 0.15) is 46.5 Å². The highest BCUT2D eigenvalue weighted by molar-refractivity contribution is 5.84. The Labute approximate surface area is 118 Å². The van der Waals surface area contributed by atoms with Gasteiger partial charge in [-0.2, -0.15) is 13.2 Å². The molecule has 0 aromatic rings. The Balaban J connectivity index is 2.55. The van der Waals surface area contributed by atoms with E-state index in [1.54, 1.807) is 6.92 Å². The van der Waals surface area contributed by atoms with Crippen molar-refractivity contribution in [2.45, 2.75) is 58.7 Å². The van der Waals surface area contributed by atoms with Crippen LogP contribution in [0.4, 0.5) is 13.2 Å². The van der Waals surface area contributed by atoms with E-state index in [4.69, 9.17) is 0 Å². The highest BCUT2D eigenvalue weighted by atomic mass is 19.4. The summed E-state index contributed by atoms with van der Waals surface area (Å²) in [5.74, 6) is -0.314. The van der Waals surface area contributed by atoms with Crippen LogP contribution in [0.3, 0.4) is 0 Å². The third-order valence-electron chi connectivity index (χ3n) is 3.93. The molecule has 1 aliphatic rings. The fraction of sp³-hybridized carbons (Fsp3) is 0.929. The molecule has 118 valence electrons. The van der Waals surface area contributed by atoms with E-state index in [1.165, 1.54) is 0 Å². The second-order valence-electron chi connectivity index (χ2n) is 6.21. The molecule has 3 nitrogen and oxygen atoms in total. The number of rotatable bonds is 6. The fourth-order valence-electron chi connectivity index (χ4n) is 2.52. The lowest BCUT2D eigenvalue weighted by Crippen LogP contribution is -2.54. The summed E-state index contributed by atoms with van der Waals surface area (Å²) >= 11 is 0. The zero-order valence-corrected chi connectivity index (χ0v) is 12.4. The minimum Gasteiger partial charge on any atom is -0.353 e. The van der Waals surface area contributed by atoms with Crippen LogP contribution in [0, 0.1) is 11.3 Å². The van der Waals surface area contributed by atoms with Gasteiger partial charge in [0.25, 0.3) is 0 Å². The van der Waals surface area contributed by atoms with E-state index in [0.717, 1.165) is 12.8 Å². The topological polar surface area (TPSA) is 41.1 Å². The average molecular weight is 294 g/mol. The van der Waals surface area contributed by atoms with Gasteiger partial charge in [-0.15, -0.1) is 0 Å². The van der Waals surface area contributed by atoms with Crippen LogP contribution in [0.2, 0.25) is 0 Å². The van der Waals surface area contributed by atoms with Crippen LogP contribution in [0.15, 0.2) is 0 Å². The van der Waals surface area contributed by atoms with Crippen LogP contribution in [0.25, 0.3) is 0 Å². The molecule has 1 saturated heterocycles. The normalized spacial score (nSPS) is 24.9. The van der Waals surface area contributed by atoms with E-state index in [1.807, 2.05) is 0 Å². The largest absolute Gasteiger partial charge is 0.404 e. The Kier molecular flexibility index (Phi) is 5.86. The quantitative estimate of drug-likeness (QED) is 0.791. The number of amides is 1. The summed E-state index contributed by atoms with van der Waals surface area (Å²) in [6, 6.07) is -0.221. The first kappa shape index (κ1) is 17.3. The van der Waals surface area contributed by atoms with Crippen molar-refractivity contribution < 1.29 is 18.0 Å². The Morgan fingerprint density at radius 3 is 2.40 bits per heavy atom. The van der Waals surface area contributed by atoms with Crippen molar-refractivity contribution >= 4 is 5.91 Å². The van der Waals surface area contributed by atoms with E-state index in [0.29, 0.717) is 12.3 Å². The molecule has 0 aromatic heterocycles. The zero-order valence-electron chi connectivity index (χ0n) is 12.4. The van der Waals surface area contributed by atoms with Gasteiger partial charge in [-0.3, -0.25) is 4.79 Å². The number of hydrogen-bond acceptors (Lipinski definition) is 2. The third kappa shape index (κ3) is 4.11. The van der Waals surface area contributed by atoms with Gasteiger partial charge >= 0.3 is 6.18 Å². The summed E-state index contributed by atoms with van der Waals surface area (Å²) in [7, 11) is 0. The Bertz CT molecular complexity index is 323. The predicted octanol–water partition coefficient (Wildman–Crippen LogP) is 2.86. The molecule has 1 heterocycles. The van der Waals surface area contributed by atoms with Crippen LogP contribution >= 0.6 is 0 Å². The van der Waals surface area contributed by atoms with Gasteiger partial charge in [0.15, 0.2) is 5.41 Å². The molecule has 0 aromatic carbocycles. The molecular weight excluding hydrogens is 269 g/mol. The Morgan fingerprint density at radius 2 is 1.95 bits per heavy atom. The summed E-state index contributed by atoms with van der Waals surface area (Å²) in [6.07, 6.45) is -2.03. The lowest BCUT2D eigenvalue weighted by molar-refractivity contribution is -0.216. The summed E-state index contributed by atoms with van der Waals surface area (Å²) in [4.78, 5) is 12.1. The second-order valence-corrected chi connectivity index (χ2v) is 6.21. The van der Waals surface area contributed by atoms with Crippen molar-refractivity contribution in [1.29, 1.82) is 0 Å². The number of alkyl halides is 3. The van der Waals surface area contributed by atoms with Crippen LogP contribution in [-0.2, 0) is 4.79 Å². The minimum absolute atomic E-state index is 0.180. The van der Waals surface area contributed by atoms with E-state index >= 15 is 0 Å². The number of halogens is 3.